The van der Waals surface area contributed by atoms with Crippen LogP contribution in [-0.4, -0.2) is 48.6 Å². The lowest BCUT2D eigenvalue weighted by Gasteiger charge is -2.26. The second-order valence-corrected chi connectivity index (χ2v) is 8.62. The van der Waals surface area contributed by atoms with Crippen LogP contribution < -0.4 is 5.32 Å². The van der Waals surface area contributed by atoms with Gasteiger partial charge < -0.3 is 10.2 Å². The van der Waals surface area contributed by atoms with E-state index in [1.165, 1.54) is 18.2 Å². The van der Waals surface area contributed by atoms with E-state index in [0.717, 1.165) is 42.5 Å². The van der Waals surface area contributed by atoms with Crippen LogP contribution in [0.4, 0.5) is 10.2 Å². The normalized spacial score (nSPS) is 15.1. The molecule has 27 heavy (non-hydrogen) atoms. The van der Waals surface area contributed by atoms with Gasteiger partial charge in [0.15, 0.2) is 16.4 Å². The van der Waals surface area contributed by atoms with E-state index in [9.17, 15) is 12.8 Å². The van der Waals surface area contributed by atoms with E-state index in [4.69, 9.17) is 0 Å². The van der Waals surface area contributed by atoms with Crippen molar-refractivity contribution < 1.29 is 12.8 Å². The zero-order valence-corrected chi connectivity index (χ0v) is 16.1. The van der Waals surface area contributed by atoms with Crippen LogP contribution in [-0.2, 0) is 22.8 Å². The van der Waals surface area contributed by atoms with E-state index in [2.05, 4.69) is 20.3 Å². The van der Waals surface area contributed by atoms with E-state index in [1.807, 2.05) is 14.0 Å². The Labute approximate surface area is 156 Å². The molecule has 1 aliphatic rings. The summed E-state index contributed by atoms with van der Waals surface area (Å²) in [4.78, 5) is 6.61. The van der Waals surface area contributed by atoms with Gasteiger partial charge in [-0.2, -0.15) is 0 Å². The largest absolute Gasteiger partial charge is 0.370 e. The Morgan fingerprint density at radius 2 is 2.07 bits per heavy atom. The molecule has 0 radical (unpaired) electrons. The van der Waals surface area contributed by atoms with Gasteiger partial charge in [-0.1, -0.05) is 6.07 Å². The molecular formula is C18H20FN5O2S. The van der Waals surface area contributed by atoms with Gasteiger partial charge in [-0.15, -0.1) is 5.10 Å². The summed E-state index contributed by atoms with van der Waals surface area (Å²) in [6, 6.07) is 4.98. The van der Waals surface area contributed by atoms with Crippen LogP contribution in [0.2, 0.25) is 0 Å². The number of nitrogens with one attached hydrogen (secondary N) is 1. The molecule has 0 fully saturated rings. The SMILES string of the molecule is CNc1nn2c3c(c(C)nc2c1S(=O)(=O)c1cccc(F)c1)CN(C)CC3. The molecule has 2 aromatic heterocycles. The van der Waals surface area contributed by atoms with Crippen LogP contribution in [0.5, 0.6) is 0 Å². The van der Waals surface area contributed by atoms with Gasteiger partial charge in [0.2, 0.25) is 9.84 Å². The first-order chi connectivity index (χ1) is 12.8. The van der Waals surface area contributed by atoms with E-state index in [0.29, 0.717) is 0 Å². The fourth-order valence-electron chi connectivity index (χ4n) is 3.52. The van der Waals surface area contributed by atoms with Crippen molar-refractivity contribution in [2.75, 3.05) is 26.0 Å². The van der Waals surface area contributed by atoms with Gasteiger partial charge in [0.1, 0.15) is 5.82 Å². The number of nitrogens with zero attached hydrogens (tertiary/aromatic N) is 4. The third-order valence-electron chi connectivity index (χ3n) is 4.90. The van der Waals surface area contributed by atoms with Crippen molar-refractivity contribution in [1.29, 1.82) is 0 Å². The molecule has 0 bridgehead atoms. The van der Waals surface area contributed by atoms with Crippen LogP contribution in [0, 0.1) is 12.7 Å². The maximum absolute atomic E-state index is 13.6. The molecule has 0 saturated heterocycles. The zero-order chi connectivity index (χ0) is 19.3. The number of benzene rings is 1. The number of sulfone groups is 1. The van der Waals surface area contributed by atoms with Gasteiger partial charge in [0.05, 0.1) is 10.6 Å². The molecule has 1 N–H and O–H groups in total. The maximum Gasteiger partial charge on any atom is 0.214 e. The molecule has 9 heteroatoms. The Kier molecular flexibility index (Phi) is 4.15. The molecule has 1 aliphatic heterocycles. The average Bonchev–Trinajstić information content (AvgIpc) is 3.01. The Morgan fingerprint density at radius 1 is 1.30 bits per heavy atom. The number of aryl methyl sites for hydroxylation is 1. The van der Waals surface area contributed by atoms with Gasteiger partial charge in [-0.25, -0.2) is 22.3 Å². The minimum Gasteiger partial charge on any atom is -0.370 e. The van der Waals surface area contributed by atoms with Crippen LogP contribution in [0.25, 0.3) is 5.65 Å². The molecule has 0 unspecified atom stereocenters. The van der Waals surface area contributed by atoms with Gasteiger partial charge in [0, 0.05) is 37.8 Å². The van der Waals surface area contributed by atoms with Crippen molar-refractivity contribution in [2.45, 2.75) is 29.7 Å². The number of anilines is 1. The Balaban J connectivity index is 2.03. The number of aromatic nitrogens is 3. The summed E-state index contributed by atoms with van der Waals surface area (Å²) in [6.45, 7) is 3.47. The standard InChI is InChI=1S/C18H20FN5O2S/c1-11-14-10-23(3)8-7-15(14)24-18(21-11)16(17(20-2)22-24)27(25,26)13-6-4-5-12(19)9-13/h4-6,9H,7-8,10H2,1-3H3,(H,20,22). The number of hydrogen-bond acceptors (Lipinski definition) is 6. The molecule has 3 aromatic rings. The van der Waals surface area contributed by atoms with E-state index < -0.39 is 15.7 Å². The second-order valence-electron chi connectivity index (χ2n) is 6.73. The average molecular weight is 389 g/mol. The molecule has 3 heterocycles. The summed E-state index contributed by atoms with van der Waals surface area (Å²) < 4.78 is 41.8. The van der Waals surface area contributed by atoms with Gasteiger partial charge >= 0.3 is 0 Å². The molecule has 4 rings (SSSR count). The van der Waals surface area contributed by atoms with Gasteiger partial charge in [0.25, 0.3) is 0 Å². The molecule has 0 spiro atoms. The van der Waals surface area contributed by atoms with Crippen molar-refractivity contribution >= 4 is 21.3 Å². The predicted molar refractivity (Wildman–Crippen MR) is 99.2 cm³/mol. The Morgan fingerprint density at radius 3 is 2.78 bits per heavy atom. The Bertz CT molecular complexity index is 1160. The smallest absolute Gasteiger partial charge is 0.214 e. The first-order valence-corrected chi connectivity index (χ1v) is 10.1. The van der Waals surface area contributed by atoms with Crippen molar-refractivity contribution in [1.82, 2.24) is 19.5 Å². The Hall–Kier alpha value is -2.52. The summed E-state index contributed by atoms with van der Waals surface area (Å²) >= 11 is 0. The minimum absolute atomic E-state index is 0.0274. The summed E-state index contributed by atoms with van der Waals surface area (Å²) in [6.07, 6.45) is 0.746. The highest BCUT2D eigenvalue weighted by atomic mass is 32.2. The highest BCUT2D eigenvalue weighted by Crippen LogP contribution is 2.33. The predicted octanol–water partition coefficient (Wildman–Crippen LogP) is 2.04. The molecule has 0 amide bonds. The van der Waals surface area contributed by atoms with Crippen molar-refractivity contribution in [3.8, 4) is 0 Å². The summed E-state index contributed by atoms with van der Waals surface area (Å²) in [5, 5.41) is 7.33. The number of likely N-dealkylation sites (N-methyl/N-ethyl adjacent to an activating group) is 1. The number of rotatable bonds is 3. The fraction of sp³-hybridized carbons (Fsp3) is 0.333. The van der Waals surface area contributed by atoms with Crippen molar-refractivity contribution in [2.24, 2.45) is 0 Å². The first-order valence-electron chi connectivity index (χ1n) is 8.61. The van der Waals surface area contributed by atoms with E-state index in [1.54, 1.807) is 11.6 Å². The molecule has 7 nitrogen and oxygen atoms in total. The molecule has 142 valence electrons. The molecule has 0 atom stereocenters. The molecular weight excluding hydrogens is 369 g/mol. The van der Waals surface area contributed by atoms with Crippen molar-refractivity contribution in [3.05, 3.63) is 47.0 Å². The van der Waals surface area contributed by atoms with Gasteiger partial charge in [-0.05, 0) is 32.2 Å². The topological polar surface area (TPSA) is 79.6 Å². The summed E-state index contributed by atoms with van der Waals surface area (Å²) in [5.41, 5.74) is 3.08. The quantitative estimate of drug-likeness (QED) is 0.739. The summed E-state index contributed by atoms with van der Waals surface area (Å²) in [7, 11) is -0.354. The third-order valence-corrected chi connectivity index (χ3v) is 6.69. The molecule has 0 aliphatic carbocycles. The maximum atomic E-state index is 13.6. The van der Waals surface area contributed by atoms with Crippen LogP contribution in [0.3, 0.4) is 0 Å². The van der Waals surface area contributed by atoms with Crippen LogP contribution in [0.15, 0.2) is 34.1 Å². The monoisotopic (exact) mass is 389 g/mol. The van der Waals surface area contributed by atoms with Crippen LogP contribution >= 0.6 is 0 Å². The number of hydrogen-bond donors (Lipinski definition) is 1. The van der Waals surface area contributed by atoms with Gasteiger partial charge in [-0.3, -0.25) is 0 Å². The number of halogens is 1. The third kappa shape index (κ3) is 2.78. The minimum atomic E-state index is -4.00. The number of fused-ring (bicyclic) bond motifs is 3. The fourth-order valence-corrected chi connectivity index (χ4v) is 5.05. The van der Waals surface area contributed by atoms with Crippen molar-refractivity contribution in [3.63, 3.8) is 0 Å². The van der Waals surface area contributed by atoms with Crippen LogP contribution in [0.1, 0.15) is 17.0 Å². The second kappa shape index (κ2) is 6.28. The van der Waals surface area contributed by atoms with E-state index in [-0.39, 0.29) is 21.3 Å². The highest BCUT2D eigenvalue weighted by Gasteiger charge is 2.31. The molecule has 1 aromatic carbocycles. The zero-order valence-electron chi connectivity index (χ0n) is 15.3. The first kappa shape index (κ1) is 17.9. The van der Waals surface area contributed by atoms with E-state index >= 15 is 0 Å². The molecule has 0 saturated carbocycles. The lowest BCUT2D eigenvalue weighted by molar-refractivity contribution is 0.306. The summed E-state index contributed by atoms with van der Waals surface area (Å²) in [5.74, 6) is -0.401. The highest BCUT2D eigenvalue weighted by molar-refractivity contribution is 7.91. The lowest BCUT2D eigenvalue weighted by Crippen LogP contribution is -2.29. The lowest BCUT2D eigenvalue weighted by atomic mass is 10.0.